The zero-order valence-electron chi connectivity index (χ0n) is 19.2. The zero-order chi connectivity index (χ0) is 23.0. The molecule has 0 bridgehead atoms. The molecule has 2 fully saturated rings. The van der Waals surface area contributed by atoms with E-state index in [1.807, 2.05) is 24.3 Å². The van der Waals surface area contributed by atoms with Crippen LogP contribution in [0.4, 0.5) is 0 Å². The highest BCUT2D eigenvalue weighted by molar-refractivity contribution is 6.31. The van der Waals surface area contributed by atoms with Gasteiger partial charge in [-0.25, -0.2) is 5.01 Å². The Labute approximate surface area is 200 Å². The average Bonchev–Trinajstić information content (AvgIpc) is 3.44. The Kier molecular flexibility index (Phi) is 6.27. The summed E-state index contributed by atoms with van der Waals surface area (Å²) in [5, 5.41) is 7.17. The van der Waals surface area contributed by atoms with Crippen molar-refractivity contribution >= 4 is 23.2 Å². The Balaban J connectivity index is 1.37. The van der Waals surface area contributed by atoms with Gasteiger partial charge in [-0.3, -0.25) is 9.69 Å². The van der Waals surface area contributed by atoms with E-state index < -0.39 is 5.79 Å². The van der Waals surface area contributed by atoms with Crippen LogP contribution in [0.5, 0.6) is 0 Å². The van der Waals surface area contributed by atoms with Crippen molar-refractivity contribution in [2.24, 2.45) is 5.10 Å². The van der Waals surface area contributed by atoms with Gasteiger partial charge < -0.3 is 9.47 Å². The first-order valence-electron chi connectivity index (χ1n) is 11.7. The number of piperidine rings is 1. The number of nitrogens with zero attached hydrogens (tertiary/aromatic N) is 3. The van der Waals surface area contributed by atoms with Gasteiger partial charge in [-0.05, 0) is 31.0 Å². The third-order valence-electron chi connectivity index (χ3n) is 6.91. The van der Waals surface area contributed by atoms with Crippen LogP contribution < -0.4 is 0 Å². The maximum Gasteiger partial charge on any atom is 0.257 e. The number of aryl methyl sites for hydroxylation is 2. The largest absolute Gasteiger partial charge is 0.347 e. The van der Waals surface area contributed by atoms with Gasteiger partial charge in [0.25, 0.3) is 5.91 Å². The number of carbonyl (C=O) groups excluding carboxylic acids is 1. The molecule has 0 saturated carbocycles. The normalized spacial score (nSPS) is 22.7. The third kappa shape index (κ3) is 4.58. The second-order valence-corrected chi connectivity index (χ2v) is 9.64. The molecule has 1 unspecified atom stereocenters. The average molecular weight is 468 g/mol. The Hall–Kier alpha value is -2.25. The Morgan fingerprint density at radius 2 is 1.85 bits per heavy atom. The van der Waals surface area contributed by atoms with E-state index in [9.17, 15) is 4.79 Å². The van der Waals surface area contributed by atoms with E-state index >= 15 is 0 Å². The molecule has 2 aromatic rings. The molecule has 3 heterocycles. The summed E-state index contributed by atoms with van der Waals surface area (Å²) in [6.07, 6.45) is 2.21. The highest BCUT2D eigenvalue weighted by Crippen LogP contribution is 2.37. The fraction of sp³-hybridized carbons (Fsp3) is 0.462. The van der Waals surface area contributed by atoms with Crippen molar-refractivity contribution in [1.29, 1.82) is 0 Å². The maximum absolute atomic E-state index is 13.5. The van der Waals surface area contributed by atoms with Crippen LogP contribution in [0.2, 0.25) is 5.02 Å². The number of likely N-dealkylation sites (tertiary alicyclic amines) is 1. The van der Waals surface area contributed by atoms with E-state index in [-0.39, 0.29) is 11.9 Å². The summed E-state index contributed by atoms with van der Waals surface area (Å²) in [5.41, 5.74) is 5.32. The first-order valence-corrected chi connectivity index (χ1v) is 12.0. The van der Waals surface area contributed by atoms with Gasteiger partial charge in [-0.2, -0.15) is 5.10 Å². The lowest BCUT2D eigenvalue weighted by atomic mass is 9.95. The summed E-state index contributed by atoms with van der Waals surface area (Å²) in [6.45, 7) is 7.34. The molecule has 1 atom stereocenters. The standard InChI is InChI=1S/C26H30ClN3O3/c1-18-7-8-20(19(2)15-18)23-16-24(21-5-3-4-6-22(21)27)30(28-23)25(31)17-29-11-9-26(10-12-29)32-13-14-33-26/h3-8,15,24H,9-14,16-17H2,1-2H3. The topological polar surface area (TPSA) is 54.4 Å². The highest BCUT2D eigenvalue weighted by atomic mass is 35.5. The van der Waals surface area contributed by atoms with Crippen molar-refractivity contribution in [2.75, 3.05) is 32.8 Å². The number of hydrogen-bond donors (Lipinski definition) is 0. The number of hydrazone groups is 1. The van der Waals surface area contributed by atoms with Gasteiger partial charge in [0.15, 0.2) is 5.79 Å². The molecule has 2 aromatic carbocycles. The summed E-state index contributed by atoms with van der Waals surface area (Å²) in [5.74, 6) is -0.453. The molecule has 0 aromatic heterocycles. The van der Waals surface area contributed by atoms with Crippen LogP contribution in [-0.4, -0.2) is 60.2 Å². The number of carbonyl (C=O) groups is 1. The van der Waals surface area contributed by atoms with Gasteiger partial charge in [0, 0.05) is 42.9 Å². The SMILES string of the molecule is Cc1ccc(C2=NN(C(=O)CN3CCC4(CC3)OCCO4)C(c3ccccc3Cl)C2)c(C)c1. The first-order chi connectivity index (χ1) is 15.9. The van der Waals surface area contributed by atoms with E-state index in [1.54, 1.807) is 5.01 Å². The molecule has 1 amide bonds. The number of amides is 1. The Morgan fingerprint density at radius 1 is 1.12 bits per heavy atom. The zero-order valence-corrected chi connectivity index (χ0v) is 20.0. The van der Waals surface area contributed by atoms with Crippen LogP contribution in [0.25, 0.3) is 0 Å². The molecule has 0 aliphatic carbocycles. The molecule has 3 aliphatic heterocycles. The van der Waals surface area contributed by atoms with E-state index in [4.69, 9.17) is 26.2 Å². The molecule has 3 aliphatic rings. The third-order valence-corrected chi connectivity index (χ3v) is 7.26. The van der Waals surface area contributed by atoms with Gasteiger partial charge in [0.2, 0.25) is 0 Å². The number of halogens is 1. The van der Waals surface area contributed by atoms with Gasteiger partial charge in [0.1, 0.15) is 0 Å². The van der Waals surface area contributed by atoms with Crippen LogP contribution >= 0.6 is 11.6 Å². The molecule has 7 heteroatoms. The van der Waals surface area contributed by atoms with Crippen LogP contribution in [0.3, 0.4) is 0 Å². The maximum atomic E-state index is 13.5. The fourth-order valence-corrected chi connectivity index (χ4v) is 5.39. The molecule has 174 valence electrons. The minimum Gasteiger partial charge on any atom is -0.347 e. The second-order valence-electron chi connectivity index (χ2n) is 9.23. The van der Waals surface area contributed by atoms with Crippen LogP contribution in [-0.2, 0) is 14.3 Å². The van der Waals surface area contributed by atoms with Crippen LogP contribution in [0.1, 0.15) is 47.6 Å². The van der Waals surface area contributed by atoms with Gasteiger partial charge >= 0.3 is 0 Å². The van der Waals surface area contributed by atoms with E-state index in [0.29, 0.717) is 31.2 Å². The molecule has 5 rings (SSSR count). The predicted octanol–water partition coefficient (Wildman–Crippen LogP) is 4.47. The quantitative estimate of drug-likeness (QED) is 0.665. The summed E-state index contributed by atoms with van der Waals surface area (Å²) in [7, 11) is 0. The highest BCUT2D eigenvalue weighted by Gasteiger charge is 2.41. The summed E-state index contributed by atoms with van der Waals surface area (Å²) in [4.78, 5) is 15.7. The Morgan fingerprint density at radius 3 is 2.55 bits per heavy atom. The smallest absolute Gasteiger partial charge is 0.257 e. The summed E-state index contributed by atoms with van der Waals surface area (Å²) >= 11 is 6.55. The monoisotopic (exact) mass is 467 g/mol. The van der Waals surface area contributed by atoms with Crippen molar-refractivity contribution < 1.29 is 14.3 Å². The van der Waals surface area contributed by atoms with E-state index in [0.717, 1.165) is 42.8 Å². The molecule has 6 nitrogen and oxygen atoms in total. The molecule has 0 N–H and O–H groups in total. The minimum atomic E-state index is -0.443. The molecular weight excluding hydrogens is 438 g/mol. The van der Waals surface area contributed by atoms with E-state index in [1.165, 1.54) is 11.1 Å². The van der Waals surface area contributed by atoms with E-state index in [2.05, 4.69) is 36.9 Å². The number of hydrogen-bond acceptors (Lipinski definition) is 5. The van der Waals surface area contributed by atoms with Gasteiger partial charge in [0.05, 0.1) is 31.5 Å². The second kappa shape index (κ2) is 9.18. The summed E-state index contributed by atoms with van der Waals surface area (Å²) in [6, 6.07) is 13.9. The molecule has 33 heavy (non-hydrogen) atoms. The molecule has 1 spiro atoms. The lowest BCUT2D eigenvalue weighted by Gasteiger charge is -2.37. The fourth-order valence-electron chi connectivity index (χ4n) is 5.13. The van der Waals surface area contributed by atoms with Crippen molar-refractivity contribution in [2.45, 2.75) is 44.9 Å². The number of rotatable bonds is 4. The minimum absolute atomic E-state index is 0.0103. The molecule has 0 radical (unpaired) electrons. The Bertz CT molecular complexity index is 1070. The van der Waals surface area contributed by atoms with Crippen molar-refractivity contribution in [1.82, 2.24) is 9.91 Å². The molecule has 2 saturated heterocycles. The lowest BCUT2D eigenvalue weighted by Crippen LogP contribution is -2.48. The molecular formula is C26H30ClN3O3. The van der Waals surface area contributed by atoms with Gasteiger partial charge in [-0.15, -0.1) is 0 Å². The van der Waals surface area contributed by atoms with Crippen LogP contribution in [0, 0.1) is 13.8 Å². The van der Waals surface area contributed by atoms with Crippen LogP contribution in [0.15, 0.2) is 47.6 Å². The number of benzene rings is 2. The lowest BCUT2D eigenvalue weighted by molar-refractivity contribution is -0.186. The predicted molar refractivity (Wildman–Crippen MR) is 128 cm³/mol. The van der Waals surface area contributed by atoms with Gasteiger partial charge in [-0.1, -0.05) is 53.6 Å². The van der Waals surface area contributed by atoms with Crippen molar-refractivity contribution in [3.8, 4) is 0 Å². The summed E-state index contributed by atoms with van der Waals surface area (Å²) < 4.78 is 11.6. The number of ether oxygens (including phenoxy) is 2. The first kappa shape index (κ1) is 22.5. The van der Waals surface area contributed by atoms with Crippen molar-refractivity contribution in [3.63, 3.8) is 0 Å². The van der Waals surface area contributed by atoms with Crippen molar-refractivity contribution in [3.05, 3.63) is 69.7 Å².